The van der Waals surface area contributed by atoms with E-state index in [4.69, 9.17) is 4.74 Å². The van der Waals surface area contributed by atoms with Crippen molar-refractivity contribution in [2.45, 2.75) is 57.5 Å². The molecule has 5 aliphatic carbocycles. The van der Waals surface area contributed by atoms with E-state index >= 15 is 0 Å². The van der Waals surface area contributed by atoms with E-state index in [2.05, 4.69) is 6.58 Å². The first-order valence-electron chi connectivity index (χ1n) is 9.61. The van der Waals surface area contributed by atoms with Gasteiger partial charge >= 0.3 is 5.97 Å². The van der Waals surface area contributed by atoms with Gasteiger partial charge in [-0.1, -0.05) is 19.4 Å². The number of aliphatic hydroxyl groups excluding tert-OH is 1. The van der Waals surface area contributed by atoms with E-state index in [-0.39, 0.29) is 24.1 Å². The van der Waals surface area contributed by atoms with Crippen LogP contribution >= 0.6 is 0 Å². The van der Waals surface area contributed by atoms with Gasteiger partial charge in [-0.3, -0.25) is 0 Å². The summed E-state index contributed by atoms with van der Waals surface area (Å²) in [6.45, 7) is 3.52. The van der Waals surface area contributed by atoms with E-state index in [0.717, 1.165) is 17.8 Å². The minimum atomic E-state index is -0.363. The fourth-order valence-electron chi connectivity index (χ4n) is 8.66. The minimum absolute atomic E-state index is 0.0211. The highest BCUT2D eigenvalue weighted by atomic mass is 16.6. The minimum Gasteiger partial charge on any atom is -0.456 e. The number of aliphatic hydroxyl groups is 1. The van der Waals surface area contributed by atoms with Crippen molar-refractivity contribution in [2.75, 3.05) is 6.61 Å². The number of hydrogen-bond donors (Lipinski definition) is 1. The van der Waals surface area contributed by atoms with Crippen LogP contribution in [0.1, 0.15) is 51.4 Å². The van der Waals surface area contributed by atoms with E-state index in [1.165, 1.54) is 57.4 Å². The van der Waals surface area contributed by atoms with Crippen LogP contribution in [-0.4, -0.2) is 23.8 Å². The number of carbonyl (C=O) groups excluding carboxylic acids is 1. The second-order valence-corrected chi connectivity index (χ2v) is 9.02. The van der Waals surface area contributed by atoms with Crippen LogP contribution in [0.15, 0.2) is 12.7 Å². The Bertz CT molecular complexity index is 557. The van der Waals surface area contributed by atoms with Crippen LogP contribution in [0.5, 0.6) is 0 Å². The second-order valence-electron chi connectivity index (χ2n) is 9.02. The van der Waals surface area contributed by atoms with Gasteiger partial charge in [-0.15, -0.1) is 0 Å². The lowest BCUT2D eigenvalue weighted by Gasteiger charge is -2.62. The largest absolute Gasteiger partial charge is 0.456 e. The van der Waals surface area contributed by atoms with Gasteiger partial charge in [-0.05, 0) is 73.5 Å². The summed E-state index contributed by atoms with van der Waals surface area (Å²) in [7, 11) is 0. The number of hydrogen-bond acceptors (Lipinski definition) is 3. The maximum atomic E-state index is 11.9. The van der Waals surface area contributed by atoms with E-state index in [0.29, 0.717) is 17.3 Å². The molecule has 23 heavy (non-hydrogen) atoms. The molecule has 8 atom stereocenters. The molecule has 0 aromatic heterocycles. The Morgan fingerprint density at radius 2 is 2.04 bits per heavy atom. The smallest absolute Gasteiger partial charge is 0.330 e. The van der Waals surface area contributed by atoms with E-state index in [1.54, 1.807) is 0 Å². The molecule has 3 heteroatoms. The summed E-state index contributed by atoms with van der Waals surface area (Å²) in [4.78, 5) is 11.9. The lowest BCUT2D eigenvalue weighted by atomic mass is 9.43. The van der Waals surface area contributed by atoms with Gasteiger partial charge in [0.2, 0.25) is 0 Å². The first-order valence-corrected chi connectivity index (χ1v) is 9.61. The van der Waals surface area contributed by atoms with Crippen LogP contribution in [0.2, 0.25) is 0 Å². The maximum Gasteiger partial charge on any atom is 0.330 e. The topological polar surface area (TPSA) is 46.5 Å². The van der Waals surface area contributed by atoms with Crippen molar-refractivity contribution in [1.82, 2.24) is 0 Å². The number of fused-ring (bicyclic) bond motifs is 6. The van der Waals surface area contributed by atoms with Crippen molar-refractivity contribution in [3.63, 3.8) is 0 Å². The molecule has 126 valence electrons. The third-order valence-corrected chi connectivity index (χ3v) is 8.75. The molecule has 0 saturated heterocycles. The molecule has 0 radical (unpaired) electrons. The zero-order valence-electron chi connectivity index (χ0n) is 13.9. The van der Waals surface area contributed by atoms with Crippen LogP contribution in [0.3, 0.4) is 0 Å². The molecule has 3 nitrogen and oxygen atoms in total. The predicted molar refractivity (Wildman–Crippen MR) is 86.4 cm³/mol. The van der Waals surface area contributed by atoms with Gasteiger partial charge in [0.1, 0.15) is 6.10 Å². The van der Waals surface area contributed by atoms with Crippen molar-refractivity contribution in [1.29, 1.82) is 0 Å². The standard InChI is InChI=1S/C20H28O3/c1-2-16(22)23-15(10-21)20-11-19(8-4-3-5-14(19)20)17-12-6-7-13(9-12)18(17)20/h2,12-15,17-18,21H,1,3-11H2. The Labute approximate surface area is 138 Å². The van der Waals surface area contributed by atoms with Crippen LogP contribution in [-0.2, 0) is 9.53 Å². The SMILES string of the molecule is C=CC(=O)OC(CO)C12CC3(CCCCC31)C1C3CCC(C3)C12. The molecule has 0 aromatic rings. The van der Waals surface area contributed by atoms with Gasteiger partial charge in [0.15, 0.2) is 0 Å². The summed E-state index contributed by atoms with van der Waals surface area (Å²) in [6.07, 6.45) is 11.7. The summed E-state index contributed by atoms with van der Waals surface area (Å²) in [5.41, 5.74) is 0.620. The van der Waals surface area contributed by atoms with Crippen LogP contribution < -0.4 is 0 Å². The molecule has 5 rings (SSSR count). The summed E-state index contributed by atoms with van der Waals surface area (Å²) in [5, 5.41) is 10.1. The van der Waals surface area contributed by atoms with Gasteiger partial charge in [0.25, 0.3) is 0 Å². The Kier molecular flexibility index (Phi) is 2.92. The lowest BCUT2D eigenvalue weighted by molar-refractivity contribution is -0.202. The van der Waals surface area contributed by atoms with Crippen molar-refractivity contribution < 1.29 is 14.6 Å². The highest BCUT2D eigenvalue weighted by Crippen LogP contribution is 2.87. The monoisotopic (exact) mass is 316 g/mol. The van der Waals surface area contributed by atoms with Crippen molar-refractivity contribution in [2.24, 2.45) is 40.4 Å². The van der Waals surface area contributed by atoms with Gasteiger partial charge in [-0.25, -0.2) is 4.79 Å². The molecular formula is C20H28O3. The molecule has 1 N–H and O–H groups in total. The normalized spacial score (nSPS) is 53.2. The molecule has 4 bridgehead atoms. The van der Waals surface area contributed by atoms with Gasteiger partial charge in [-0.2, -0.15) is 0 Å². The quantitative estimate of drug-likeness (QED) is 0.639. The Balaban J connectivity index is 1.56. The average Bonchev–Trinajstić information content (AvgIpc) is 3.27. The third-order valence-electron chi connectivity index (χ3n) is 8.75. The molecule has 0 heterocycles. The summed E-state index contributed by atoms with van der Waals surface area (Å²) in [6, 6.07) is 0. The zero-order valence-corrected chi connectivity index (χ0v) is 13.9. The molecule has 0 aliphatic heterocycles. The first kappa shape index (κ1) is 14.5. The van der Waals surface area contributed by atoms with E-state index in [1.807, 2.05) is 0 Å². The number of esters is 1. The van der Waals surface area contributed by atoms with Crippen LogP contribution in [0.25, 0.3) is 0 Å². The first-order chi connectivity index (χ1) is 11.2. The summed E-state index contributed by atoms with van der Waals surface area (Å²) in [5.74, 6) is 3.65. The van der Waals surface area contributed by atoms with E-state index in [9.17, 15) is 9.90 Å². The Hall–Kier alpha value is -0.830. The number of carbonyl (C=O) groups is 1. The average molecular weight is 316 g/mol. The fraction of sp³-hybridized carbons (Fsp3) is 0.850. The Morgan fingerprint density at radius 1 is 1.26 bits per heavy atom. The molecule has 5 saturated carbocycles. The molecular weight excluding hydrogens is 288 g/mol. The number of ether oxygens (including phenoxy) is 1. The zero-order chi connectivity index (χ0) is 15.8. The van der Waals surface area contributed by atoms with Crippen molar-refractivity contribution >= 4 is 5.97 Å². The fourth-order valence-corrected chi connectivity index (χ4v) is 8.66. The third kappa shape index (κ3) is 1.49. The van der Waals surface area contributed by atoms with Crippen LogP contribution in [0.4, 0.5) is 0 Å². The van der Waals surface area contributed by atoms with E-state index < -0.39 is 0 Å². The molecule has 5 aliphatic rings. The van der Waals surface area contributed by atoms with Crippen molar-refractivity contribution in [3.05, 3.63) is 12.7 Å². The molecule has 0 spiro atoms. The lowest BCUT2D eigenvalue weighted by Crippen LogP contribution is -2.60. The van der Waals surface area contributed by atoms with Gasteiger partial charge in [0.05, 0.1) is 6.61 Å². The summed E-state index contributed by atoms with van der Waals surface area (Å²) < 4.78 is 5.73. The second kappa shape index (κ2) is 4.62. The Morgan fingerprint density at radius 3 is 2.78 bits per heavy atom. The predicted octanol–water partition coefficient (Wildman–Crippen LogP) is 3.32. The maximum absolute atomic E-state index is 11.9. The van der Waals surface area contributed by atoms with Gasteiger partial charge in [0, 0.05) is 11.5 Å². The highest BCUT2D eigenvalue weighted by molar-refractivity contribution is 5.81. The number of rotatable bonds is 4. The molecule has 0 amide bonds. The van der Waals surface area contributed by atoms with Gasteiger partial charge < -0.3 is 9.84 Å². The molecule has 0 aromatic carbocycles. The molecule has 5 fully saturated rings. The highest BCUT2D eigenvalue weighted by Gasteiger charge is 2.83. The van der Waals surface area contributed by atoms with Crippen molar-refractivity contribution in [3.8, 4) is 0 Å². The summed E-state index contributed by atoms with van der Waals surface area (Å²) >= 11 is 0. The van der Waals surface area contributed by atoms with Crippen LogP contribution in [0, 0.1) is 40.4 Å². The molecule has 8 unspecified atom stereocenters.